The van der Waals surface area contributed by atoms with Gasteiger partial charge in [-0.2, -0.15) is 0 Å². The molecule has 2 heterocycles. The molecule has 1 amide bonds. The topological polar surface area (TPSA) is 207 Å². The van der Waals surface area contributed by atoms with Crippen molar-refractivity contribution in [1.82, 2.24) is 15.3 Å². The van der Waals surface area contributed by atoms with Crippen LogP contribution in [0.3, 0.4) is 0 Å². The van der Waals surface area contributed by atoms with Crippen LogP contribution in [0.1, 0.15) is 144 Å². The fourth-order valence-corrected chi connectivity index (χ4v) is 7.50. The Morgan fingerprint density at radius 3 is 2.09 bits per heavy atom. The predicted molar refractivity (Wildman–Crippen MR) is 214 cm³/mol. The number of nitrogens with one attached hydrogen (secondary N) is 1. The summed E-state index contributed by atoms with van der Waals surface area (Å²) in [6.45, 7) is 13.2. The van der Waals surface area contributed by atoms with E-state index in [4.69, 9.17) is 46.9 Å². The number of alkyl halides is 2. The van der Waals surface area contributed by atoms with E-state index in [9.17, 15) is 33.9 Å². The first kappa shape index (κ1) is 49.8. The second-order valence-electron chi connectivity index (χ2n) is 14.5. The van der Waals surface area contributed by atoms with Gasteiger partial charge in [-0.05, 0) is 57.8 Å². The number of thiazole rings is 2. The third kappa shape index (κ3) is 17.6. The minimum atomic E-state index is -1.42. The molecule has 6 atom stereocenters. The zero-order chi connectivity index (χ0) is 43.0. The maximum atomic E-state index is 13.5. The number of ether oxygens (including phenoxy) is 5. The van der Waals surface area contributed by atoms with Crippen molar-refractivity contribution >= 4 is 81.6 Å². The Hall–Kier alpha value is -3.38. The van der Waals surface area contributed by atoms with Crippen LogP contribution >= 0.6 is 45.9 Å². The Bertz CT molecular complexity index is 1640. The number of aliphatic hydroxyl groups excluding tert-OH is 1. The third-order valence-corrected chi connectivity index (χ3v) is 10.6. The summed E-state index contributed by atoms with van der Waals surface area (Å²) < 4.78 is 26.0. The number of hydrogen-bond donors (Lipinski definition) is 2. The van der Waals surface area contributed by atoms with Crippen molar-refractivity contribution in [3.05, 3.63) is 32.2 Å². The van der Waals surface area contributed by atoms with Crippen molar-refractivity contribution in [2.45, 2.75) is 135 Å². The summed E-state index contributed by atoms with van der Waals surface area (Å²) >= 11 is 14.4. The molecule has 0 aromatic carbocycles. The number of amides is 1. The van der Waals surface area contributed by atoms with E-state index in [1.165, 1.54) is 24.8 Å². The predicted octanol–water partition coefficient (Wildman–Crippen LogP) is 7.08. The average molecular weight is 881 g/mol. The molecule has 0 spiro atoms. The first-order chi connectivity index (χ1) is 26.6. The van der Waals surface area contributed by atoms with Gasteiger partial charge in [0.05, 0.1) is 25.5 Å². The molecular weight excluding hydrogens is 825 g/mol. The smallest absolute Gasteiger partial charge is 0.358 e. The zero-order valence-electron chi connectivity index (χ0n) is 33.8. The zero-order valence-corrected chi connectivity index (χ0v) is 37.0. The van der Waals surface area contributed by atoms with Gasteiger partial charge in [0, 0.05) is 24.1 Å². The van der Waals surface area contributed by atoms with E-state index in [0.29, 0.717) is 30.7 Å². The second kappa shape index (κ2) is 23.9. The van der Waals surface area contributed by atoms with E-state index < -0.39 is 77.2 Å². The van der Waals surface area contributed by atoms with Crippen LogP contribution in [0.15, 0.2) is 10.8 Å². The average Bonchev–Trinajstić information content (AvgIpc) is 3.81. The van der Waals surface area contributed by atoms with E-state index in [0.717, 1.165) is 22.7 Å². The molecule has 0 aliphatic carbocycles. The van der Waals surface area contributed by atoms with Crippen molar-refractivity contribution in [2.75, 3.05) is 13.7 Å². The molecule has 15 nitrogen and oxygen atoms in total. The normalized spacial score (nSPS) is 14.8. The molecule has 2 rings (SSSR count). The maximum absolute atomic E-state index is 13.5. The van der Waals surface area contributed by atoms with Gasteiger partial charge in [-0.25, -0.2) is 19.6 Å². The van der Waals surface area contributed by atoms with E-state index in [-0.39, 0.29) is 53.4 Å². The lowest BCUT2D eigenvalue weighted by atomic mass is 9.96. The SMILES string of the molecule is CCCC(=O)N[C@@H](CC(C)C)C(CC(=O)OCC(O)c1nc(C(=O)O[C@@H](CCCC(C)(Cl)Cl)[C@H](C)C(=O)O[C@H](c2nc(C(=O)OC)cs2)C(C)C)cs1)OC(C)=O. The minimum absolute atomic E-state index is 0.0504. The lowest BCUT2D eigenvalue weighted by Crippen LogP contribution is -2.47. The number of aromatic nitrogens is 2. The van der Waals surface area contributed by atoms with Crippen LogP contribution in [-0.2, 0) is 42.9 Å². The molecule has 57 heavy (non-hydrogen) atoms. The molecule has 2 aromatic rings. The summed E-state index contributed by atoms with van der Waals surface area (Å²) in [6.07, 6.45) is -2.38. The van der Waals surface area contributed by atoms with Gasteiger partial charge in [0.1, 0.15) is 39.3 Å². The van der Waals surface area contributed by atoms with Crippen LogP contribution < -0.4 is 5.32 Å². The number of carbonyl (C=O) groups excluding carboxylic acids is 6. The van der Waals surface area contributed by atoms with Gasteiger partial charge in [-0.15, -0.1) is 45.9 Å². The highest BCUT2D eigenvalue weighted by Gasteiger charge is 2.35. The summed E-state index contributed by atoms with van der Waals surface area (Å²) in [7, 11) is 1.24. The fraction of sp³-hybridized carbons (Fsp3) is 0.684. The highest BCUT2D eigenvalue weighted by atomic mass is 35.5. The molecule has 0 saturated carbocycles. The monoisotopic (exact) mass is 879 g/mol. The van der Waals surface area contributed by atoms with Crippen LogP contribution in [0.4, 0.5) is 0 Å². The van der Waals surface area contributed by atoms with Crippen LogP contribution in [0.5, 0.6) is 0 Å². The Kier molecular flexibility index (Phi) is 20.9. The van der Waals surface area contributed by atoms with Gasteiger partial charge in [0.25, 0.3) is 0 Å². The maximum Gasteiger partial charge on any atom is 0.358 e. The molecule has 0 saturated heterocycles. The molecule has 19 heteroatoms. The standard InChI is InChI=1S/C38H55Cl2N3O12S2/c1-10-12-30(46)41-24(15-20(2)3)29(53-23(7)44)16-31(47)52-17-27(45)33-42-26(19-56-33)37(50)54-28(13-11-14-38(8,39)40)22(6)35(48)55-32(21(4)5)34-43-25(18-57-34)36(49)51-9/h18-22,24,27-29,32,45H,10-17H2,1-9H3,(H,41,46)/t22-,24-,27?,28-,29?,32-/m0/s1. The molecule has 2 unspecified atom stereocenters. The molecule has 320 valence electrons. The summed E-state index contributed by atoms with van der Waals surface area (Å²) in [5, 5.41) is 17.0. The summed E-state index contributed by atoms with van der Waals surface area (Å²) in [5.74, 6) is -4.92. The van der Waals surface area contributed by atoms with Crippen molar-refractivity contribution in [2.24, 2.45) is 17.8 Å². The van der Waals surface area contributed by atoms with Crippen LogP contribution in [0.25, 0.3) is 0 Å². The molecule has 0 aliphatic rings. The Morgan fingerprint density at radius 2 is 1.53 bits per heavy atom. The number of aliphatic hydroxyl groups is 1. The number of carbonyl (C=O) groups is 6. The Morgan fingerprint density at radius 1 is 0.912 bits per heavy atom. The summed E-state index contributed by atoms with van der Waals surface area (Å²) in [5.41, 5.74) is -0.0688. The molecule has 0 aliphatic heterocycles. The second-order valence-corrected chi connectivity index (χ2v) is 18.2. The van der Waals surface area contributed by atoms with Gasteiger partial charge in [-0.3, -0.25) is 19.2 Å². The molecule has 2 aromatic heterocycles. The first-order valence-corrected chi connectivity index (χ1v) is 21.3. The quantitative estimate of drug-likeness (QED) is 0.0614. The fourth-order valence-electron chi connectivity index (χ4n) is 5.49. The van der Waals surface area contributed by atoms with Crippen molar-refractivity contribution in [3.63, 3.8) is 0 Å². The molecule has 2 N–H and O–H groups in total. The Balaban J connectivity index is 2.15. The highest BCUT2D eigenvalue weighted by Crippen LogP contribution is 2.32. The molecular formula is C38H55Cl2N3O12S2. The van der Waals surface area contributed by atoms with Crippen LogP contribution in [-0.4, -0.2) is 87.1 Å². The number of esters is 5. The Labute approximate surface area is 351 Å². The summed E-state index contributed by atoms with van der Waals surface area (Å²) in [4.78, 5) is 84.5. The van der Waals surface area contributed by atoms with Gasteiger partial charge >= 0.3 is 29.8 Å². The van der Waals surface area contributed by atoms with E-state index in [1.807, 2.05) is 34.6 Å². The van der Waals surface area contributed by atoms with Crippen LogP contribution in [0.2, 0.25) is 0 Å². The number of halogens is 2. The number of nitrogens with zero attached hydrogens (tertiary/aromatic N) is 2. The van der Waals surface area contributed by atoms with Gasteiger partial charge in [0.2, 0.25) is 5.91 Å². The third-order valence-electron chi connectivity index (χ3n) is 8.40. The van der Waals surface area contributed by atoms with Crippen LogP contribution in [0, 0.1) is 17.8 Å². The molecule has 0 fully saturated rings. The minimum Gasteiger partial charge on any atom is -0.464 e. The lowest BCUT2D eigenvalue weighted by molar-refractivity contribution is -0.160. The lowest BCUT2D eigenvalue weighted by Gasteiger charge is -2.28. The largest absolute Gasteiger partial charge is 0.464 e. The van der Waals surface area contributed by atoms with Crippen molar-refractivity contribution in [3.8, 4) is 0 Å². The number of hydrogen-bond acceptors (Lipinski definition) is 16. The molecule has 0 radical (unpaired) electrons. The molecule has 0 bridgehead atoms. The van der Waals surface area contributed by atoms with E-state index in [2.05, 4.69) is 15.3 Å². The number of rotatable bonds is 24. The van der Waals surface area contributed by atoms with E-state index in [1.54, 1.807) is 13.8 Å². The van der Waals surface area contributed by atoms with Gasteiger partial charge < -0.3 is 34.1 Å². The number of methoxy groups -OCH3 is 1. The van der Waals surface area contributed by atoms with Gasteiger partial charge in [-0.1, -0.05) is 34.6 Å². The van der Waals surface area contributed by atoms with Gasteiger partial charge in [0.15, 0.2) is 17.5 Å². The van der Waals surface area contributed by atoms with Crippen molar-refractivity contribution < 1.29 is 57.6 Å². The first-order valence-electron chi connectivity index (χ1n) is 18.7. The van der Waals surface area contributed by atoms with E-state index >= 15 is 0 Å². The summed E-state index contributed by atoms with van der Waals surface area (Å²) in [6, 6.07) is -0.642. The van der Waals surface area contributed by atoms with Crippen molar-refractivity contribution in [1.29, 1.82) is 0 Å². The highest BCUT2D eigenvalue weighted by molar-refractivity contribution is 7.10.